The van der Waals surface area contributed by atoms with Crippen LogP contribution in [0.2, 0.25) is 0 Å². The van der Waals surface area contributed by atoms with Gasteiger partial charge in [0, 0.05) is 11.6 Å². The van der Waals surface area contributed by atoms with Crippen molar-refractivity contribution >= 4 is 0 Å². The standard InChI is InChI=1S/C14H20O3/c1-10-5-4-8-14(10,15)12-7-6-11(16-2)9-13(12)17-3/h6-7,9-10,15H,4-5,8H2,1-3H3. The summed E-state index contributed by atoms with van der Waals surface area (Å²) in [6, 6.07) is 5.62. The van der Waals surface area contributed by atoms with Gasteiger partial charge in [0.05, 0.1) is 19.8 Å². The van der Waals surface area contributed by atoms with Crippen molar-refractivity contribution in [2.45, 2.75) is 31.8 Å². The molecule has 1 aromatic carbocycles. The minimum Gasteiger partial charge on any atom is -0.497 e. The third-order valence-electron chi connectivity index (χ3n) is 3.89. The second kappa shape index (κ2) is 4.57. The molecule has 0 radical (unpaired) electrons. The van der Waals surface area contributed by atoms with E-state index >= 15 is 0 Å². The van der Waals surface area contributed by atoms with Crippen LogP contribution in [0.15, 0.2) is 18.2 Å². The van der Waals surface area contributed by atoms with E-state index in [2.05, 4.69) is 6.92 Å². The topological polar surface area (TPSA) is 38.7 Å². The number of benzene rings is 1. The maximum absolute atomic E-state index is 10.8. The summed E-state index contributed by atoms with van der Waals surface area (Å²) < 4.78 is 10.5. The first kappa shape index (κ1) is 12.2. The van der Waals surface area contributed by atoms with Gasteiger partial charge in [-0.05, 0) is 37.3 Å². The normalized spacial score (nSPS) is 28.1. The lowest BCUT2D eigenvalue weighted by Gasteiger charge is -2.30. The fourth-order valence-corrected chi connectivity index (χ4v) is 2.72. The molecule has 17 heavy (non-hydrogen) atoms. The van der Waals surface area contributed by atoms with Gasteiger partial charge in [-0.25, -0.2) is 0 Å². The Kier molecular flexibility index (Phi) is 3.29. The van der Waals surface area contributed by atoms with Crippen LogP contribution in [0.3, 0.4) is 0 Å². The van der Waals surface area contributed by atoms with Gasteiger partial charge in [0.2, 0.25) is 0 Å². The molecule has 1 aromatic rings. The number of rotatable bonds is 3. The molecule has 94 valence electrons. The van der Waals surface area contributed by atoms with Gasteiger partial charge in [-0.3, -0.25) is 0 Å². The van der Waals surface area contributed by atoms with Crippen LogP contribution in [-0.2, 0) is 5.60 Å². The number of aliphatic hydroxyl groups is 1. The summed E-state index contributed by atoms with van der Waals surface area (Å²) in [6.45, 7) is 2.09. The molecular weight excluding hydrogens is 216 g/mol. The van der Waals surface area contributed by atoms with Gasteiger partial charge in [0.15, 0.2) is 0 Å². The molecule has 1 aliphatic carbocycles. The van der Waals surface area contributed by atoms with Gasteiger partial charge in [0.25, 0.3) is 0 Å². The lowest BCUT2D eigenvalue weighted by molar-refractivity contribution is 0.00237. The van der Waals surface area contributed by atoms with Crippen LogP contribution in [0.1, 0.15) is 31.7 Å². The summed E-state index contributed by atoms with van der Waals surface area (Å²) in [5.41, 5.74) is 0.128. The molecule has 2 atom stereocenters. The maximum Gasteiger partial charge on any atom is 0.128 e. The van der Waals surface area contributed by atoms with Crippen LogP contribution in [-0.4, -0.2) is 19.3 Å². The van der Waals surface area contributed by atoms with Crippen molar-refractivity contribution in [3.63, 3.8) is 0 Å². The van der Waals surface area contributed by atoms with E-state index in [1.807, 2.05) is 18.2 Å². The van der Waals surface area contributed by atoms with Gasteiger partial charge >= 0.3 is 0 Å². The minimum absolute atomic E-state index is 0.268. The van der Waals surface area contributed by atoms with E-state index in [1.165, 1.54) is 0 Å². The molecular formula is C14H20O3. The largest absolute Gasteiger partial charge is 0.497 e. The Morgan fingerprint density at radius 1 is 1.29 bits per heavy atom. The van der Waals surface area contributed by atoms with E-state index in [0.29, 0.717) is 5.75 Å². The van der Waals surface area contributed by atoms with Gasteiger partial charge in [-0.15, -0.1) is 0 Å². The van der Waals surface area contributed by atoms with E-state index in [4.69, 9.17) is 9.47 Å². The molecule has 0 aliphatic heterocycles. The Bertz CT molecular complexity index is 402. The van der Waals surface area contributed by atoms with E-state index < -0.39 is 5.60 Å². The highest BCUT2D eigenvalue weighted by Gasteiger charge is 2.41. The Morgan fingerprint density at radius 2 is 2.06 bits per heavy atom. The average molecular weight is 236 g/mol. The smallest absolute Gasteiger partial charge is 0.128 e. The fraction of sp³-hybridized carbons (Fsp3) is 0.571. The highest BCUT2D eigenvalue weighted by atomic mass is 16.5. The molecule has 0 bridgehead atoms. The van der Waals surface area contributed by atoms with E-state index in [0.717, 1.165) is 30.6 Å². The van der Waals surface area contributed by atoms with Crippen LogP contribution in [0.5, 0.6) is 11.5 Å². The predicted octanol–water partition coefficient (Wildman–Crippen LogP) is 2.71. The van der Waals surface area contributed by atoms with Crippen molar-refractivity contribution in [1.29, 1.82) is 0 Å². The Morgan fingerprint density at radius 3 is 2.59 bits per heavy atom. The van der Waals surface area contributed by atoms with Crippen LogP contribution >= 0.6 is 0 Å². The molecule has 0 spiro atoms. The van der Waals surface area contributed by atoms with E-state index in [9.17, 15) is 5.11 Å². The molecule has 0 saturated heterocycles. The molecule has 2 unspecified atom stereocenters. The SMILES string of the molecule is COc1ccc(C2(O)CCCC2C)c(OC)c1. The quantitative estimate of drug-likeness (QED) is 0.877. The van der Waals surface area contributed by atoms with Crippen molar-refractivity contribution in [3.05, 3.63) is 23.8 Å². The number of ether oxygens (including phenoxy) is 2. The van der Waals surface area contributed by atoms with E-state index in [-0.39, 0.29) is 5.92 Å². The highest BCUT2D eigenvalue weighted by Crippen LogP contribution is 2.47. The van der Waals surface area contributed by atoms with Crippen molar-refractivity contribution in [3.8, 4) is 11.5 Å². The highest BCUT2D eigenvalue weighted by molar-refractivity contribution is 5.44. The van der Waals surface area contributed by atoms with Crippen LogP contribution < -0.4 is 9.47 Å². The molecule has 1 fully saturated rings. The predicted molar refractivity (Wildman–Crippen MR) is 66.5 cm³/mol. The summed E-state index contributed by atoms with van der Waals surface area (Å²) >= 11 is 0. The first-order valence-electron chi connectivity index (χ1n) is 6.06. The summed E-state index contributed by atoms with van der Waals surface area (Å²) in [7, 11) is 3.25. The molecule has 2 rings (SSSR count). The van der Waals surface area contributed by atoms with Gasteiger partial charge < -0.3 is 14.6 Å². The monoisotopic (exact) mass is 236 g/mol. The Balaban J connectivity index is 2.44. The third kappa shape index (κ3) is 2.00. The summed E-state index contributed by atoms with van der Waals surface area (Å²) in [5, 5.41) is 10.8. The number of methoxy groups -OCH3 is 2. The zero-order valence-electron chi connectivity index (χ0n) is 10.7. The molecule has 1 N–H and O–H groups in total. The molecule has 1 aliphatic rings. The molecule has 0 aromatic heterocycles. The minimum atomic E-state index is -0.752. The first-order valence-corrected chi connectivity index (χ1v) is 6.06. The van der Waals surface area contributed by atoms with Crippen molar-refractivity contribution in [2.75, 3.05) is 14.2 Å². The Labute approximate surface area is 102 Å². The summed E-state index contributed by atoms with van der Waals surface area (Å²) in [5.74, 6) is 1.73. The second-order valence-electron chi connectivity index (χ2n) is 4.78. The van der Waals surface area contributed by atoms with Crippen molar-refractivity contribution < 1.29 is 14.6 Å². The molecule has 1 saturated carbocycles. The molecule has 3 heteroatoms. The van der Waals surface area contributed by atoms with Crippen molar-refractivity contribution in [2.24, 2.45) is 5.92 Å². The number of hydrogen-bond donors (Lipinski definition) is 1. The van der Waals surface area contributed by atoms with Gasteiger partial charge in [-0.2, -0.15) is 0 Å². The van der Waals surface area contributed by atoms with Crippen LogP contribution in [0.4, 0.5) is 0 Å². The van der Waals surface area contributed by atoms with Crippen LogP contribution in [0, 0.1) is 5.92 Å². The first-order chi connectivity index (χ1) is 8.11. The lowest BCUT2D eigenvalue weighted by atomic mass is 9.84. The third-order valence-corrected chi connectivity index (χ3v) is 3.89. The molecule has 3 nitrogen and oxygen atoms in total. The fourth-order valence-electron chi connectivity index (χ4n) is 2.72. The van der Waals surface area contributed by atoms with Gasteiger partial charge in [0.1, 0.15) is 11.5 Å². The molecule has 0 heterocycles. The van der Waals surface area contributed by atoms with Crippen molar-refractivity contribution in [1.82, 2.24) is 0 Å². The number of hydrogen-bond acceptors (Lipinski definition) is 3. The average Bonchev–Trinajstić information content (AvgIpc) is 2.69. The zero-order valence-corrected chi connectivity index (χ0v) is 10.7. The maximum atomic E-state index is 10.8. The van der Waals surface area contributed by atoms with Gasteiger partial charge in [-0.1, -0.05) is 6.92 Å². The molecule has 0 amide bonds. The lowest BCUT2D eigenvalue weighted by Crippen LogP contribution is -2.28. The Hall–Kier alpha value is -1.22. The zero-order chi connectivity index (χ0) is 12.5. The summed E-state index contributed by atoms with van der Waals surface area (Å²) in [6.07, 6.45) is 2.93. The van der Waals surface area contributed by atoms with Crippen LogP contribution in [0.25, 0.3) is 0 Å². The second-order valence-corrected chi connectivity index (χ2v) is 4.78. The summed E-state index contributed by atoms with van der Waals surface area (Å²) in [4.78, 5) is 0. The van der Waals surface area contributed by atoms with E-state index in [1.54, 1.807) is 14.2 Å².